The van der Waals surface area contributed by atoms with Crippen LogP contribution in [0.3, 0.4) is 0 Å². The molecule has 1 aromatic heterocycles. The molecule has 1 heterocycles. The van der Waals surface area contributed by atoms with Crippen LogP contribution in [0.5, 0.6) is 5.75 Å². The number of pyridine rings is 1. The third kappa shape index (κ3) is 2.34. The average Bonchev–Trinajstić information content (AvgIpc) is 3.04. The molecule has 24 heavy (non-hydrogen) atoms. The lowest BCUT2D eigenvalue weighted by Crippen LogP contribution is -2.02. The van der Waals surface area contributed by atoms with Gasteiger partial charge in [0.15, 0.2) is 0 Å². The quantitative estimate of drug-likeness (QED) is 0.638. The van der Waals surface area contributed by atoms with Gasteiger partial charge in [-0.25, -0.2) is 4.79 Å². The van der Waals surface area contributed by atoms with Gasteiger partial charge in [0.1, 0.15) is 5.75 Å². The molecule has 0 saturated carbocycles. The van der Waals surface area contributed by atoms with Crippen molar-refractivity contribution >= 4 is 28.2 Å². The molecule has 0 fully saturated rings. The third-order valence-electron chi connectivity index (χ3n) is 4.42. The number of nitrogens with zero attached hydrogens (tertiary/aromatic N) is 1. The van der Waals surface area contributed by atoms with Crippen molar-refractivity contribution in [2.75, 3.05) is 5.32 Å². The van der Waals surface area contributed by atoms with Gasteiger partial charge in [-0.05, 0) is 55.2 Å². The number of hydrogen-bond acceptors (Lipinski definition) is 4. The first-order valence-corrected chi connectivity index (χ1v) is 7.87. The zero-order valence-electron chi connectivity index (χ0n) is 12.9. The predicted octanol–water partition coefficient (Wildman–Crippen LogP) is 3.87. The van der Waals surface area contributed by atoms with Gasteiger partial charge in [-0.15, -0.1) is 0 Å². The zero-order valence-corrected chi connectivity index (χ0v) is 12.9. The number of aryl methyl sites for hydroxylation is 1. The van der Waals surface area contributed by atoms with Gasteiger partial charge >= 0.3 is 5.97 Å². The summed E-state index contributed by atoms with van der Waals surface area (Å²) in [7, 11) is 0. The molecule has 5 heteroatoms. The molecule has 0 aliphatic heterocycles. The Kier molecular flexibility index (Phi) is 3.34. The molecule has 0 radical (unpaired) electrons. The van der Waals surface area contributed by atoms with E-state index < -0.39 is 5.97 Å². The molecular formula is C19H16N2O3. The highest BCUT2D eigenvalue weighted by Gasteiger charge is 2.21. The van der Waals surface area contributed by atoms with Crippen LogP contribution in [0.15, 0.2) is 42.5 Å². The van der Waals surface area contributed by atoms with Crippen molar-refractivity contribution in [2.45, 2.75) is 19.3 Å². The smallest absolute Gasteiger partial charge is 0.335 e. The monoisotopic (exact) mass is 320 g/mol. The minimum atomic E-state index is -0.967. The van der Waals surface area contributed by atoms with Crippen LogP contribution in [-0.2, 0) is 12.8 Å². The molecule has 120 valence electrons. The Labute approximate surface area is 138 Å². The van der Waals surface area contributed by atoms with Gasteiger partial charge in [0.25, 0.3) is 0 Å². The Morgan fingerprint density at radius 2 is 1.96 bits per heavy atom. The SMILES string of the molecule is O=C(O)c1ccc2nc3c(c(Nc4ccccc4O)c2c1)CCC3. The first kappa shape index (κ1) is 14.5. The second-order valence-electron chi connectivity index (χ2n) is 5.94. The summed E-state index contributed by atoms with van der Waals surface area (Å²) in [5.41, 5.74) is 4.58. The maximum absolute atomic E-state index is 11.3. The van der Waals surface area contributed by atoms with Gasteiger partial charge in [-0.2, -0.15) is 0 Å². The molecule has 0 bridgehead atoms. The number of hydrogen-bond donors (Lipinski definition) is 3. The molecule has 1 aliphatic rings. The highest BCUT2D eigenvalue weighted by Crippen LogP contribution is 2.38. The minimum Gasteiger partial charge on any atom is -0.506 e. The number of nitrogens with one attached hydrogen (secondary N) is 1. The standard InChI is InChI=1S/C19H16N2O3/c22-17-7-2-1-5-16(17)21-18-12-4-3-6-14(12)20-15-9-8-11(19(23)24)10-13(15)18/h1-2,5,7-10,22H,3-4,6H2,(H,20,21)(H,23,24). The summed E-state index contributed by atoms with van der Waals surface area (Å²) >= 11 is 0. The molecule has 1 aliphatic carbocycles. The van der Waals surface area contributed by atoms with Gasteiger partial charge in [-0.1, -0.05) is 12.1 Å². The minimum absolute atomic E-state index is 0.156. The maximum atomic E-state index is 11.3. The highest BCUT2D eigenvalue weighted by atomic mass is 16.4. The van der Waals surface area contributed by atoms with E-state index in [2.05, 4.69) is 10.3 Å². The number of phenolic OH excluding ortho intramolecular Hbond substituents is 1. The lowest BCUT2D eigenvalue weighted by atomic mass is 10.0. The predicted molar refractivity (Wildman–Crippen MR) is 92.1 cm³/mol. The summed E-state index contributed by atoms with van der Waals surface area (Å²) in [6, 6.07) is 12.0. The van der Waals surface area contributed by atoms with Crippen LogP contribution in [0.4, 0.5) is 11.4 Å². The van der Waals surface area contributed by atoms with Gasteiger partial charge in [0.2, 0.25) is 0 Å². The summed E-state index contributed by atoms with van der Waals surface area (Å²) < 4.78 is 0. The van der Waals surface area contributed by atoms with Crippen LogP contribution in [-0.4, -0.2) is 21.2 Å². The molecule has 4 rings (SSSR count). The molecule has 2 aromatic carbocycles. The summed E-state index contributed by atoms with van der Waals surface area (Å²) in [6.45, 7) is 0. The van der Waals surface area contributed by atoms with Crippen LogP contribution in [0.1, 0.15) is 28.0 Å². The van der Waals surface area contributed by atoms with E-state index in [0.717, 1.165) is 47.1 Å². The first-order valence-electron chi connectivity index (χ1n) is 7.87. The number of carbonyl (C=O) groups is 1. The van der Waals surface area contributed by atoms with E-state index in [1.165, 1.54) is 0 Å². The van der Waals surface area contributed by atoms with Gasteiger partial charge in [0, 0.05) is 11.1 Å². The van der Waals surface area contributed by atoms with Crippen molar-refractivity contribution in [1.29, 1.82) is 0 Å². The van der Waals surface area contributed by atoms with E-state index in [-0.39, 0.29) is 11.3 Å². The number of aromatic hydroxyl groups is 1. The zero-order chi connectivity index (χ0) is 16.7. The molecule has 0 amide bonds. The molecule has 5 nitrogen and oxygen atoms in total. The van der Waals surface area contributed by atoms with Crippen molar-refractivity contribution in [1.82, 2.24) is 4.98 Å². The third-order valence-corrected chi connectivity index (χ3v) is 4.42. The molecule has 3 N–H and O–H groups in total. The second-order valence-corrected chi connectivity index (χ2v) is 5.94. The molecule has 0 saturated heterocycles. The lowest BCUT2D eigenvalue weighted by Gasteiger charge is -2.16. The van der Waals surface area contributed by atoms with E-state index in [1.54, 1.807) is 36.4 Å². The fourth-order valence-corrected chi connectivity index (χ4v) is 3.25. The fourth-order valence-electron chi connectivity index (χ4n) is 3.25. The fraction of sp³-hybridized carbons (Fsp3) is 0.158. The van der Waals surface area contributed by atoms with Gasteiger partial charge in [-0.3, -0.25) is 4.98 Å². The molecule has 0 unspecified atom stereocenters. The summed E-state index contributed by atoms with van der Waals surface area (Å²) in [4.78, 5) is 16.0. The normalized spacial score (nSPS) is 13.0. The van der Waals surface area contributed by atoms with E-state index >= 15 is 0 Å². The lowest BCUT2D eigenvalue weighted by molar-refractivity contribution is 0.0697. The molecule has 0 atom stereocenters. The number of fused-ring (bicyclic) bond motifs is 2. The Balaban J connectivity index is 1.95. The van der Waals surface area contributed by atoms with Crippen molar-refractivity contribution in [3.8, 4) is 5.75 Å². The van der Waals surface area contributed by atoms with Gasteiger partial charge in [0.05, 0.1) is 22.5 Å². The Morgan fingerprint density at radius 1 is 1.12 bits per heavy atom. The van der Waals surface area contributed by atoms with Crippen LogP contribution in [0, 0.1) is 0 Å². The number of phenols is 1. The topological polar surface area (TPSA) is 82.5 Å². The van der Waals surface area contributed by atoms with Crippen molar-refractivity contribution in [2.24, 2.45) is 0 Å². The number of para-hydroxylation sites is 2. The summed E-state index contributed by atoms with van der Waals surface area (Å²) in [6.07, 6.45) is 2.84. The molecule has 0 spiro atoms. The number of aromatic nitrogens is 1. The van der Waals surface area contributed by atoms with Crippen LogP contribution < -0.4 is 5.32 Å². The number of aromatic carboxylic acids is 1. The maximum Gasteiger partial charge on any atom is 0.335 e. The molecule has 3 aromatic rings. The second kappa shape index (κ2) is 5.53. The highest BCUT2D eigenvalue weighted by molar-refractivity contribution is 6.00. The first-order chi connectivity index (χ1) is 11.6. The van der Waals surface area contributed by atoms with E-state index in [4.69, 9.17) is 0 Å². The Morgan fingerprint density at radius 3 is 2.75 bits per heavy atom. The number of rotatable bonds is 3. The van der Waals surface area contributed by atoms with Crippen LogP contribution in [0.2, 0.25) is 0 Å². The number of anilines is 2. The number of carboxylic acid groups (broad SMARTS) is 1. The van der Waals surface area contributed by atoms with Crippen LogP contribution >= 0.6 is 0 Å². The summed E-state index contributed by atoms with van der Waals surface area (Å²) in [5.74, 6) is -0.811. The van der Waals surface area contributed by atoms with Crippen molar-refractivity contribution < 1.29 is 15.0 Å². The van der Waals surface area contributed by atoms with Crippen LogP contribution in [0.25, 0.3) is 10.9 Å². The van der Waals surface area contributed by atoms with Crippen molar-refractivity contribution in [3.63, 3.8) is 0 Å². The van der Waals surface area contributed by atoms with E-state index in [9.17, 15) is 15.0 Å². The van der Waals surface area contributed by atoms with Crippen molar-refractivity contribution in [3.05, 3.63) is 59.3 Å². The number of benzene rings is 2. The summed E-state index contributed by atoms with van der Waals surface area (Å²) in [5, 5.41) is 23.4. The average molecular weight is 320 g/mol. The molecular weight excluding hydrogens is 304 g/mol. The van der Waals surface area contributed by atoms with E-state index in [1.807, 2.05) is 6.07 Å². The van der Waals surface area contributed by atoms with Gasteiger partial charge < -0.3 is 15.5 Å². The largest absolute Gasteiger partial charge is 0.506 e. The Hall–Kier alpha value is -3.08. The van der Waals surface area contributed by atoms with E-state index in [0.29, 0.717) is 5.69 Å². The number of carboxylic acids is 1. The Bertz CT molecular complexity index is 966.